The highest BCUT2D eigenvalue weighted by atomic mass is 19.1. The summed E-state index contributed by atoms with van der Waals surface area (Å²) in [5.41, 5.74) is 3.90. The molecule has 2 fully saturated rings. The van der Waals surface area contributed by atoms with E-state index < -0.39 is 0 Å². The lowest BCUT2D eigenvalue weighted by atomic mass is 9.77. The molecule has 168 valence electrons. The van der Waals surface area contributed by atoms with Crippen molar-refractivity contribution in [1.82, 2.24) is 4.98 Å². The Morgan fingerprint density at radius 1 is 0.839 bits per heavy atom. The predicted octanol–water partition coefficient (Wildman–Crippen LogP) is 9.04. The van der Waals surface area contributed by atoms with Gasteiger partial charge in [0.15, 0.2) is 0 Å². The number of unbranched alkanes of at least 4 members (excludes halogenated alkanes) is 2. The lowest BCUT2D eigenvalue weighted by molar-refractivity contribution is 0.302. The van der Waals surface area contributed by atoms with E-state index >= 15 is 4.39 Å². The normalized spacial score (nSPS) is 26.7. The molecule has 0 aliphatic heterocycles. The van der Waals surface area contributed by atoms with Gasteiger partial charge in [0.2, 0.25) is 0 Å². The number of benzene rings is 1. The Morgan fingerprint density at radius 2 is 1.52 bits per heavy atom. The highest BCUT2D eigenvalue weighted by Gasteiger charge is 2.23. The van der Waals surface area contributed by atoms with Crippen molar-refractivity contribution in [3.63, 3.8) is 0 Å². The summed E-state index contributed by atoms with van der Waals surface area (Å²) in [6.07, 6.45) is 17.6. The molecule has 0 radical (unpaired) electrons. The molecule has 0 unspecified atom stereocenters. The van der Waals surface area contributed by atoms with E-state index in [1.807, 2.05) is 18.3 Å². The third kappa shape index (κ3) is 5.76. The number of pyridine rings is 1. The topological polar surface area (TPSA) is 12.9 Å². The molecule has 1 aromatic carbocycles. The molecule has 4 rings (SSSR count). The van der Waals surface area contributed by atoms with E-state index in [2.05, 4.69) is 31.0 Å². The minimum atomic E-state index is -0.116. The maximum Gasteiger partial charge on any atom is 0.132 e. The number of nitrogens with zero attached hydrogens (tertiary/aromatic N) is 1. The Balaban J connectivity index is 1.37. The zero-order valence-corrected chi connectivity index (χ0v) is 19.6. The summed E-state index contributed by atoms with van der Waals surface area (Å²) in [7, 11) is 0. The van der Waals surface area contributed by atoms with Gasteiger partial charge in [0.25, 0.3) is 0 Å². The van der Waals surface area contributed by atoms with Crippen LogP contribution in [-0.4, -0.2) is 4.98 Å². The van der Waals surface area contributed by atoms with Crippen LogP contribution in [0.2, 0.25) is 0 Å². The van der Waals surface area contributed by atoms with Crippen molar-refractivity contribution in [3.05, 3.63) is 53.5 Å². The fourth-order valence-electron chi connectivity index (χ4n) is 5.86. The van der Waals surface area contributed by atoms with Crippen molar-refractivity contribution in [1.29, 1.82) is 0 Å². The molecule has 0 N–H and O–H groups in total. The Kier molecular flexibility index (Phi) is 7.80. The van der Waals surface area contributed by atoms with Gasteiger partial charge in [0.05, 0.1) is 5.69 Å². The van der Waals surface area contributed by atoms with Crippen LogP contribution in [0.1, 0.15) is 114 Å². The molecule has 2 aromatic rings. The van der Waals surface area contributed by atoms with E-state index in [1.165, 1.54) is 88.2 Å². The van der Waals surface area contributed by atoms with Crippen molar-refractivity contribution >= 4 is 0 Å². The van der Waals surface area contributed by atoms with Gasteiger partial charge < -0.3 is 0 Å². The zero-order chi connectivity index (χ0) is 21.6. The molecule has 2 heteroatoms. The van der Waals surface area contributed by atoms with Crippen molar-refractivity contribution < 1.29 is 4.39 Å². The van der Waals surface area contributed by atoms with Crippen LogP contribution < -0.4 is 0 Å². The highest BCUT2D eigenvalue weighted by Crippen LogP contribution is 2.39. The highest BCUT2D eigenvalue weighted by molar-refractivity contribution is 5.60. The Hall–Kier alpha value is -1.70. The molecule has 2 aliphatic rings. The lowest BCUT2D eigenvalue weighted by Gasteiger charge is -2.29. The third-order valence-electron chi connectivity index (χ3n) is 8.08. The second-order valence-electron chi connectivity index (χ2n) is 10.4. The van der Waals surface area contributed by atoms with Crippen LogP contribution in [0.3, 0.4) is 0 Å². The Morgan fingerprint density at radius 3 is 2.16 bits per heavy atom. The monoisotopic (exact) mass is 421 g/mol. The first-order chi connectivity index (χ1) is 15.1. The van der Waals surface area contributed by atoms with Crippen molar-refractivity contribution in [2.75, 3.05) is 0 Å². The number of rotatable bonds is 7. The molecule has 0 saturated heterocycles. The van der Waals surface area contributed by atoms with Crippen LogP contribution in [0.25, 0.3) is 11.3 Å². The molecule has 1 heterocycles. The zero-order valence-electron chi connectivity index (χ0n) is 19.6. The quantitative estimate of drug-likeness (QED) is 0.406. The number of hydrogen-bond acceptors (Lipinski definition) is 1. The molecule has 2 aliphatic carbocycles. The van der Waals surface area contributed by atoms with Crippen LogP contribution in [0, 0.1) is 17.7 Å². The van der Waals surface area contributed by atoms with Crippen LogP contribution in [0.15, 0.2) is 36.5 Å². The predicted molar refractivity (Wildman–Crippen MR) is 129 cm³/mol. The second-order valence-corrected chi connectivity index (χ2v) is 10.4. The molecular formula is C29H40FN. The first-order valence-corrected chi connectivity index (χ1v) is 12.9. The van der Waals surface area contributed by atoms with E-state index in [9.17, 15) is 0 Å². The molecule has 31 heavy (non-hydrogen) atoms. The summed E-state index contributed by atoms with van der Waals surface area (Å²) < 4.78 is 15.0. The maximum atomic E-state index is 15.0. The van der Waals surface area contributed by atoms with E-state index in [4.69, 9.17) is 0 Å². The summed E-state index contributed by atoms with van der Waals surface area (Å²) in [4.78, 5) is 4.65. The van der Waals surface area contributed by atoms with Gasteiger partial charge in [-0.1, -0.05) is 64.5 Å². The average molecular weight is 422 g/mol. The van der Waals surface area contributed by atoms with Gasteiger partial charge >= 0.3 is 0 Å². The van der Waals surface area contributed by atoms with Crippen molar-refractivity contribution in [3.8, 4) is 11.3 Å². The van der Waals surface area contributed by atoms with Gasteiger partial charge in [-0.2, -0.15) is 0 Å². The molecule has 0 atom stereocenters. The number of halogens is 1. The second kappa shape index (κ2) is 10.7. The molecule has 1 nitrogen and oxygen atoms in total. The van der Waals surface area contributed by atoms with Gasteiger partial charge in [0.1, 0.15) is 5.82 Å². The van der Waals surface area contributed by atoms with Crippen molar-refractivity contribution in [2.45, 2.75) is 103 Å². The van der Waals surface area contributed by atoms with Gasteiger partial charge in [-0.15, -0.1) is 0 Å². The van der Waals surface area contributed by atoms with E-state index in [-0.39, 0.29) is 5.82 Å². The average Bonchev–Trinajstić information content (AvgIpc) is 2.80. The van der Waals surface area contributed by atoms with Crippen molar-refractivity contribution in [2.24, 2.45) is 11.8 Å². The molecule has 0 amide bonds. The van der Waals surface area contributed by atoms with Gasteiger partial charge in [0, 0.05) is 11.8 Å². The fraction of sp³-hybridized carbons (Fsp3) is 0.621. The van der Waals surface area contributed by atoms with Crippen LogP contribution in [0.4, 0.5) is 4.39 Å². The summed E-state index contributed by atoms with van der Waals surface area (Å²) in [6, 6.07) is 10.1. The molecule has 0 spiro atoms. The van der Waals surface area contributed by atoms with Gasteiger partial charge in [-0.05, 0) is 91.5 Å². The number of hydrogen-bond donors (Lipinski definition) is 0. The summed E-state index contributed by atoms with van der Waals surface area (Å²) in [6.45, 7) is 4.62. The molecular weight excluding hydrogens is 381 g/mol. The minimum absolute atomic E-state index is 0.116. The smallest absolute Gasteiger partial charge is 0.132 e. The largest absolute Gasteiger partial charge is 0.256 e. The molecule has 1 aromatic heterocycles. The molecule has 0 bridgehead atoms. The summed E-state index contributed by atoms with van der Waals surface area (Å²) in [5, 5.41) is 0. The Bertz CT molecular complexity index is 811. The first-order valence-electron chi connectivity index (χ1n) is 12.9. The van der Waals surface area contributed by atoms with Gasteiger partial charge in [-0.3, -0.25) is 4.98 Å². The SMILES string of the molecule is CCCCCC1CCC(c2ccc(-c3ccc(C4CCC(C)CC4)cn3)c(F)c2)CC1. The lowest BCUT2D eigenvalue weighted by Crippen LogP contribution is -2.13. The van der Waals surface area contributed by atoms with E-state index in [0.29, 0.717) is 17.4 Å². The summed E-state index contributed by atoms with van der Waals surface area (Å²) in [5.74, 6) is 2.78. The van der Waals surface area contributed by atoms with E-state index in [0.717, 1.165) is 17.5 Å². The summed E-state index contributed by atoms with van der Waals surface area (Å²) >= 11 is 0. The van der Waals surface area contributed by atoms with Crippen LogP contribution in [0.5, 0.6) is 0 Å². The maximum absolute atomic E-state index is 15.0. The van der Waals surface area contributed by atoms with Crippen LogP contribution in [-0.2, 0) is 0 Å². The standard InChI is InChI=1S/C29H40FN/c1-3-4-5-6-22-9-13-23(14-10-22)25-15-17-27(28(30)19-25)29-18-16-26(20-31-29)24-11-7-21(2)8-12-24/h15-24H,3-14H2,1-2H3. The number of aromatic nitrogens is 1. The van der Waals surface area contributed by atoms with E-state index in [1.54, 1.807) is 6.07 Å². The fourth-order valence-corrected chi connectivity index (χ4v) is 5.86. The Labute approximate surface area is 188 Å². The molecule has 2 saturated carbocycles. The van der Waals surface area contributed by atoms with Crippen LogP contribution >= 0.6 is 0 Å². The van der Waals surface area contributed by atoms with Gasteiger partial charge in [-0.25, -0.2) is 4.39 Å². The minimum Gasteiger partial charge on any atom is -0.256 e. The first kappa shape index (κ1) is 22.5. The third-order valence-corrected chi connectivity index (χ3v) is 8.08.